The highest BCUT2D eigenvalue weighted by molar-refractivity contribution is 5.92. The predicted molar refractivity (Wildman–Crippen MR) is 141 cm³/mol. The maximum atomic E-state index is 12.3. The van der Waals surface area contributed by atoms with Crippen molar-refractivity contribution in [2.24, 2.45) is 13.0 Å². The number of carbonyl (C=O) groups excluding carboxylic acids is 1. The van der Waals surface area contributed by atoms with Crippen molar-refractivity contribution >= 4 is 35.2 Å². The first-order valence-electron chi connectivity index (χ1n) is 12.6. The third kappa shape index (κ3) is 6.34. The van der Waals surface area contributed by atoms with Crippen molar-refractivity contribution in [1.29, 1.82) is 0 Å². The highest BCUT2D eigenvalue weighted by Crippen LogP contribution is 2.22. The molecule has 2 aliphatic heterocycles. The number of halogens is 1. The van der Waals surface area contributed by atoms with E-state index in [1.807, 2.05) is 0 Å². The minimum atomic E-state index is -0.379. The second-order valence-corrected chi connectivity index (χ2v) is 9.46. The summed E-state index contributed by atoms with van der Waals surface area (Å²) in [5, 5.41) is 4.98. The van der Waals surface area contributed by atoms with Crippen LogP contribution >= 0.6 is 12.4 Å². The number of nitrogens with zero attached hydrogens (tertiary/aromatic N) is 4. The Morgan fingerprint density at radius 3 is 2.67 bits per heavy atom. The monoisotopic (exact) mass is 514 g/mol. The summed E-state index contributed by atoms with van der Waals surface area (Å²) < 4.78 is 7.65. The first-order valence-corrected chi connectivity index (χ1v) is 12.6. The number of aromatic nitrogens is 3. The first-order chi connectivity index (χ1) is 17.2. The normalized spacial score (nSPS) is 18.7. The van der Waals surface area contributed by atoms with Crippen molar-refractivity contribution in [3.05, 3.63) is 54.0 Å². The van der Waals surface area contributed by atoms with Crippen LogP contribution in [-0.2, 0) is 23.2 Å². The number of carbonyl (C=O) groups is 1. The SMILES string of the molecule is Cl.Cn1cc(CNCC2CCN(c3ncc(C(=O)NOC4CCCCO4)cn3)CC2)c2ccccc21. The number of benzene rings is 1. The lowest BCUT2D eigenvalue weighted by Gasteiger charge is -2.32. The molecule has 0 radical (unpaired) electrons. The minimum absolute atomic E-state index is 0. The largest absolute Gasteiger partial charge is 0.350 e. The molecule has 10 heteroatoms. The fraction of sp³-hybridized carbons (Fsp3) is 0.500. The smallest absolute Gasteiger partial charge is 0.278 e. The van der Waals surface area contributed by atoms with Gasteiger partial charge in [0.05, 0.1) is 5.56 Å². The molecule has 2 saturated heterocycles. The van der Waals surface area contributed by atoms with Gasteiger partial charge in [0, 0.05) is 69.2 Å². The van der Waals surface area contributed by atoms with Crippen molar-refractivity contribution in [1.82, 2.24) is 25.3 Å². The number of piperidine rings is 1. The van der Waals surface area contributed by atoms with Crippen LogP contribution in [0.3, 0.4) is 0 Å². The molecule has 36 heavy (non-hydrogen) atoms. The lowest BCUT2D eigenvalue weighted by molar-refractivity contribution is -0.186. The summed E-state index contributed by atoms with van der Waals surface area (Å²) in [6.07, 6.45) is 9.98. The maximum Gasteiger partial charge on any atom is 0.278 e. The molecule has 2 N–H and O–H groups in total. The van der Waals surface area contributed by atoms with Gasteiger partial charge in [-0.3, -0.25) is 4.79 Å². The summed E-state index contributed by atoms with van der Waals surface area (Å²) in [4.78, 5) is 28.7. The molecule has 4 heterocycles. The van der Waals surface area contributed by atoms with E-state index in [9.17, 15) is 4.79 Å². The topological polar surface area (TPSA) is 93.5 Å². The van der Waals surface area contributed by atoms with E-state index in [0.717, 1.165) is 58.3 Å². The van der Waals surface area contributed by atoms with E-state index in [0.29, 0.717) is 24.0 Å². The van der Waals surface area contributed by atoms with E-state index in [2.05, 4.69) is 67.7 Å². The van der Waals surface area contributed by atoms with Crippen LogP contribution in [0.5, 0.6) is 0 Å². The number of para-hydroxylation sites is 1. The number of hydrogen-bond acceptors (Lipinski definition) is 7. The number of fused-ring (bicyclic) bond motifs is 1. The van der Waals surface area contributed by atoms with Gasteiger partial charge in [0.1, 0.15) is 0 Å². The van der Waals surface area contributed by atoms with E-state index in [1.165, 1.54) is 16.5 Å². The van der Waals surface area contributed by atoms with Crippen LogP contribution in [0, 0.1) is 5.92 Å². The van der Waals surface area contributed by atoms with Gasteiger partial charge in [-0.25, -0.2) is 20.3 Å². The minimum Gasteiger partial charge on any atom is -0.350 e. The number of aryl methyl sites for hydroxylation is 1. The Hall–Kier alpha value is -2.72. The van der Waals surface area contributed by atoms with Crippen LogP contribution in [0.25, 0.3) is 10.9 Å². The molecule has 2 aromatic heterocycles. The highest BCUT2D eigenvalue weighted by Gasteiger charge is 2.22. The lowest BCUT2D eigenvalue weighted by Crippen LogP contribution is -2.38. The van der Waals surface area contributed by atoms with Crippen molar-refractivity contribution in [2.45, 2.75) is 44.9 Å². The Labute approximate surface area is 217 Å². The molecule has 9 nitrogen and oxygen atoms in total. The van der Waals surface area contributed by atoms with Crippen LogP contribution < -0.4 is 15.7 Å². The molecule has 2 fully saturated rings. The first kappa shape index (κ1) is 26.3. The van der Waals surface area contributed by atoms with Crippen LogP contribution in [0.15, 0.2) is 42.9 Å². The van der Waals surface area contributed by atoms with Crippen molar-refractivity contribution in [2.75, 3.05) is 31.1 Å². The van der Waals surface area contributed by atoms with Crippen molar-refractivity contribution in [3.8, 4) is 0 Å². The van der Waals surface area contributed by atoms with E-state index in [4.69, 9.17) is 9.57 Å². The predicted octanol–water partition coefficient (Wildman–Crippen LogP) is 3.58. The molecule has 194 valence electrons. The third-order valence-corrected chi connectivity index (χ3v) is 6.95. The summed E-state index contributed by atoms with van der Waals surface area (Å²) in [7, 11) is 2.10. The van der Waals surface area contributed by atoms with E-state index in [1.54, 1.807) is 12.4 Å². The van der Waals surface area contributed by atoms with Gasteiger partial charge < -0.3 is 19.5 Å². The van der Waals surface area contributed by atoms with Gasteiger partial charge in [0.15, 0.2) is 6.29 Å². The van der Waals surface area contributed by atoms with Gasteiger partial charge in [0.2, 0.25) is 5.95 Å². The molecule has 0 bridgehead atoms. The number of hydroxylamine groups is 1. The van der Waals surface area contributed by atoms with E-state index in [-0.39, 0.29) is 24.6 Å². The average Bonchev–Trinajstić information content (AvgIpc) is 3.24. The number of hydrogen-bond donors (Lipinski definition) is 2. The number of amides is 1. The second-order valence-electron chi connectivity index (χ2n) is 9.46. The van der Waals surface area contributed by atoms with Crippen molar-refractivity contribution < 1.29 is 14.4 Å². The Kier molecular flexibility index (Phi) is 9.14. The van der Waals surface area contributed by atoms with Crippen LogP contribution in [0.1, 0.15) is 48.0 Å². The van der Waals surface area contributed by atoms with Crippen LogP contribution in [-0.4, -0.2) is 53.0 Å². The molecule has 0 aliphatic carbocycles. The molecular weight excluding hydrogens is 480 g/mol. The van der Waals surface area contributed by atoms with Crippen molar-refractivity contribution in [3.63, 3.8) is 0 Å². The Bertz CT molecular complexity index is 1120. The number of nitrogens with one attached hydrogen (secondary N) is 2. The number of rotatable bonds is 8. The average molecular weight is 515 g/mol. The summed E-state index contributed by atoms with van der Waals surface area (Å²) >= 11 is 0. The van der Waals surface area contributed by atoms with Crippen LogP contribution in [0.4, 0.5) is 5.95 Å². The molecule has 1 unspecified atom stereocenters. The Morgan fingerprint density at radius 2 is 1.92 bits per heavy atom. The zero-order valence-corrected chi connectivity index (χ0v) is 21.5. The molecule has 5 rings (SSSR count). The quantitative estimate of drug-likeness (QED) is 0.444. The standard InChI is InChI=1S/C26H34N6O3.ClH/c1-31-18-21(22-6-2-3-7-23(22)31)15-27-14-19-9-11-32(12-10-19)26-28-16-20(17-29-26)25(33)30-35-24-8-4-5-13-34-24;/h2-3,6-7,16-19,24,27H,4-5,8-15H2,1H3,(H,30,33);1H. The molecule has 0 saturated carbocycles. The van der Waals surface area contributed by atoms with Gasteiger partial charge in [-0.05, 0) is 49.8 Å². The summed E-state index contributed by atoms with van der Waals surface area (Å²) in [5.41, 5.74) is 5.43. The second kappa shape index (κ2) is 12.5. The number of anilines is 1. The fourth-order valence-electron chi connectivity index (χ4n) is 4.90. The number of ether oxygens (including phenoxy) is 1. The molecule has 0 spiro atoms. The van der Waals surface area contributed by atoms with Gasteiger partial charge in [-0.1, -0.05) is 18.2 Å². The lowest BCUT2D eigenvalue weighted by atomic mass is 9.97. The Balaban J connectivity index is 0.00000304. The molecule has 1 atom stereocenters. The summed E-state index contributed by atoms with van der Waals surface area (Å²) in [6.45, 7) is 4.37. The Morgan fingerprint density at radius 1 is 1.14 bits per heavy atom. The zero-order chi connectivity index (χ0) is 24.0. The summed E-state index contributed by atoms with van der Waals surface area (Å²) in [6, 6.07) is 8.54. The maximum absolute atomic E-state index is 12.3. The molecule has 2 aliphatic rings. The molecular formula is C26H35ClN6O3. The summed E-state index contributed by atoms with van der Waals surface area (Å²) in [5.74, 6) is 0.937. The van der Waals surface area contributed by atoms with Gasteiger partial charge in [-0.15, -0.1) is 12.4 Å². The van der Waals surface area contributed by atoms with E-state index < -0.39 is 0 Å². The highest BCUT2D eigenvalue weighted by atomic mass is 35.5. The zero-order valence-electron chi connectivity index (χ0n) is 20.7. The van der Waals surface area contributed by atoms with Gasteiger partial charge in [0.25, 0.3) is 5.91 Å². The third-order valence-electron chi connectivity index (χ3n) is 6.95. The molecule has 1 amide bonds. The van der Waals surface area contributed by atoms with Gasteiger partial charge in [-0.2, -0.15) is 0 Å². The van der Waals surface area contributed by atoms with Gasteiger partial charge >= 0.3 is 0 Å². The van der Waals surface area contributed by atoms with E-state index >= 15 is 0 Å². The van der Waals surface area contributed by atoms with Crippen LogP contribution in [0.2, 0.25) is 0 Å². The molecule has 3 aromatic rings. The fourth-order valence-corrected chi connectivity index (χ4v) is 4.90. The molecule has 1 aromatic carbocycles.